The molecule has 0 bridgehead atoms. The molecule has 1 aliphatic rings. The highest BCUT2D eigenvalue weighted by Crippen LogP contribution is 2.29. The molecule has 1 amide bonds. The zero-order chi connectivity index (χ0) is 18.9. The molecule has 1 heterocycles. The van der Waals surface area contributed by atoms with Crippen molar-refractivity contribution < 1.29 is 13.2 Å². The van der Waals surface area contributed by atoms with E-state index in [0.29, 0.717) is 25.7 Å². The van der Waals surface area contributed by atoms with Crippen LogP contribution in [0, 0.1) is 5.92 Å². The Morgan fingerprint density at radius 1 is 1.12 bits per heavy atom. The van der Waals surface area contributed by atoms with Crippen molar-refractivity contribution in [1.29, 1.82) is 0 Å². The first-order chi connectivity index (χ1) is 12.2. The van der Waals surface area contributed by atoms with E-state index in [1.165, 1.54) is 5.39 Å². The molecule has 2 N–H and O–H groups in total. The molecule has 1 fully saturated rings. The summed E-state index contributed by atoms with van der Waals surface area (Å²) in [5.41, 5.74) is 0.820. The van der Waals surface area contributed by atoms with E-state index in [1.807, 2.05) is 23.6 Å². The minimum absolute atomic E-state index is 0.0260. The number of carbonyl (C=O) groups is 1. The van der Waals surface area contributed by atoms with Crippen molar-refractivity contribution in [2.45, 2.75) is 57.2 Å². The number of anilines is 1. The fourth-order valence-electron chi connectivity index (χ4n) is 3.15. The molecule has 7 heteroatoms. The summed E-state index contributed by atoms with van der Waals surface area (Å²) in [5.74, 6) is -0.0394. The highest BCUT2D eigenvalue weighted by Gasteiger charge is 2.34. The summed E-state index contributed by atoms with van der Waals surface area (Å²) >= 11 is 1.66. The third kappa shape index (κ3) is 4.27. The fourth-order valence-corrected chi connectivity index (χ4v) is 5.00. The molecule has 1 aromatic carbocycles. The van der Waals surface area contributed by atoms with E-state index in [2.05, 4.69) is 16.1 Å². The van der Waals surface area contributed by atoms with Gasteiger partial charge in [-0.25, -0.2) is 13.1 Å². The topological polar surface area (TPSA) is 75.3 Å². The molecule has 1 saturated carbocycles. The van der Waals surface area contributed by atoms with Crippen LogP contribution >= 0.6 is 11.3 Å². The van der Waals surface area contributed by atoms with Crippen molar-refractivity contribution >= 4 is 43.0 Å². The maximum atomic E-state index is 12.5. The minimum atomic E-state index is -3.35. The third-order valence-electron chi connectivity index (χ3n) is 4.95. The predicted molar refractivity (Wildman–Crippen MR) is 108 cm³/mol. The second-order valence-electron chi connectivity index (χ2n) is 7.94. The summed E-state index contributed by atoms with van der Waals surface area (Å²) in [6.07, 6.45) is 2.78. The monoisotopic (exact) mass is 394 g/mol. The maximum Gasteiger partial charge on any atom is 0.227 e. The standard InChI is InChI=1S/C19H26N2O3S2/c1-19(2,3)26(23,24)21-15-7-5-14(6-8-15)18(22)20-16-9-4-13-10-11-25-17(13)12-16/h4,9-12,14-15,21H,5-8H2,1-3H3,(H,20,22)/t14-,15-. The maximum absolute atomic E-state index is 12.5. The van der Waals surface area contributed by atoms with Gasteiger partial charge in [0.2, 0.25) is 15.9 Å². The molecular weight excluding hydrogens is 368 g/mol. The van der Waals surface area contributed by atoms with Gasteiger partial charge in [0.1, 0.15) is 0 Å². The van der Waals surface area contributed by atoms with Crippen molar-refractivity contribution in [3.05, 3.63) is 29.6 Å². The van der Waals surface area contributed by atoms with Gasteiger partial charge >= 0.3 is 0 Å². The molecule has 0 saturated heterocycles. The lowest BCUT2D eigenvalue weighted by Crippen LogP contribution is -2.46. The molecule has 0 radical (unpaired) electrons. The van der Waals surface area contributed by atoms with Gasteiger partial charge in [0.15, 0.2) is 0 Å². The van der Waals surface area contributed by atoms with Crippen LogP contribution in [0.5, 0.6) is 0 Å². The number of sulfonamides is 1. The van der Waals surface area contributed by atoms with E-state index < -0.39 is 14.8 Å². The third-order valence-corrected chi connectivity index (χ3v) is 8.09. The van der Waals surface area contributed by atoms with Crippen molar-refractivity contribution in [3.63, 3.8) is 0 Å². The number of nitrogens with one attached hydrogen (secondary N) is 2. The van der Waals surface area contributed by atoms with Crippen LogP contribution in [-0.4, -0.2) is 25.1 Å². The zero-order valence-electron chi connectivity index (χ0n) is 15.4. The van der Waals surface area contributed by atoms with Gasteiger partial charge in [0, 0.05) is 22.3 Å². The van der Waals surface area contributed by atoms with E-state index in [9.17, 15) is 13.2 Å². The van der Waals surface area contributed by atoms with Crippen LogP contribution in [0.15, 0.2) is 29.6 Å². The van der Waals surface area contributed by atoms with Gasteiger partial charge in [-0.3, -0.25) is 4.79 Å². The van der Waals surface area contributed by atoms with Gasteiger partial charge in [-0.15, -0.1) is 11.3 Å². The van der Waals surface area contributed by atoms with Crippen LogP contribution < -0.4 is 10.0 Å². The molecule has 142 valence electrons. The summed E-state index contributed by atoms with van der Waals surface area (Å²) in [5, 5.41) is 6.23. The number of carbonyl (C=O) groups excluding carboxylic acids is 1. The second-order valence-corrected chi connectivity index (χ2v) is 11.4. The molecule has 0 aliphatic heterocycles. The lowest BCUT2D eigenvalue weighted by molar-refractivity contribution is -0.120. The Morgan fingerprint density at radius 3 is 2.46 bits per heavy atom. The Hall–Kier alpha value is -1.44. The van der Waals surface area contributed by atoms with Crippen LogP contribution in [0.1, 0.15) is 46.5 Å². The minimum Gasteiger partial charge on any atom is -0.326 e. The van der Waals surface area contributed by atoms with E-state index in [1.54, 1.807) is 32.1 Å². The summed E-state index contributed by atoms with van der Waals surface area (Å²) in [6.45, 7) is 5.08. The van der Waals surface area contributed by atoms with Crippen molar-refractivity contribution in [1.82, 2.24) is 4.72 Å². The van der Waals surface area contributed by atoms with Gasteiger partial charge < -0.3 is 5.32 Å². The normalized spacial score (nSPS) is 21.7. The Balaban J connectivity index is 1.55. The quantitative estimate of drug-likeness (QED) is 0.819. The molecular formula is C19H26N2O3S2. The number of amides is 1. The number of fused-ring (bicyclic) bond motifs is 1. The largest absolute Gasteiger partial charge is 0.326 e. The number of rotatable bonds is 4. The van der Waals surface area contributed by atoms with Gasteiger partial charge in [-0.05, 0) is 75.4 Å². The summed E-state index contributed by atoms with van der Waals surface area (Å²) in [7, 11) is -3.35. The zero-order valence-corrected chi connectivity index (χ0v) is 17.0. The van der Waals surface area contributed by atoms with Crippen molar-refractivity contribution in [3.8, 4) is 0 Å². The lowest BCUT2D eigenvalue weighted by atomic mass is 9.86. The van der Waals surface area contributed by atoms with Gasteiger partial charge in [-0.2, -0.15) is 0 Å². The van der Waals surface area contributed by atoms with Crippen LogP contribution in [0.2, 0.25) is 0 Å². The molecule has 0 unspecified atom stereocenters. The lowest BCUT2D eigenvalue weighted by Gasteiger charge is -2.30. The van der Waals surface area contributed by atoms with Crippen LogP contribution in [0.25, 0.3) is 10.1 Å². The first kappa shape index (κ1) is 19.3. The highest BCUT2D eigenvalue weighted by atomic mass is 32.2. The van der Waals surface area contributed by atoms with Gasteiger partial charge in [0.25, 0.3) is 0 Å². The average Bonchev–Trinajstić information content (AvgIpc) is 3.01. The number of thiophene rings is 1. The summed E-state index contributed by atoms with van der Waals surface area (Å²) < 4.78 is 27.7. The van der Waals surface area contributed by atoms with E-state index >= 15 is 0 Å². The second kappa shape index (κ2) is 7.29. The van der Waals surface area contributed by atoms with Gasteiger partial charge in [-0.1, -0.05) is 6.07 Å². The molecule has 0 atom stereocenters. The SMILES string of the molecule is CC(C)(C)S(=O)(=O)N[C@H]1CC[C@H](C(=O)Nc2ccc3ccsc3c2)CC1. The van der Waals surface area contributed by atoms with Crippen LogP contribution in [0.4, 0.5) is 5.69 Å². The molecule has 3 rings (SSSR count). The van der Waals surface area contributed by atoms with E-state index in [0.717, 1.165) is 10.4 Å². The Bertz CT molecular complexity index is 889. The van der Waals surface area contributed by atoms with Crippen LogP contribution in [0.3, 0.4) is 0 Å². The predicted octanol–water partition coefficient (Wildman–Crippen LogP) is 4.12. The molecule has 5 nitrogen and oxygen atoms in total. The van der Waals surface area contributed by atoms with E-state index in [-0.39, 0.29) is 17.9 Å². The Morgan fingerprint density at radius 2 is 1.81 bits per heavy atom. The van der Waals surface area contributed by atoms with Crippen LogP contribution in [-0.2, 0) is 14.8 Å². The smallest absolute Gasteiger partial charge is 0.227 e. The first-order valence-corrected chi connectivity index (χ1v) is 11.3. The summed E-state index contributed by atoms with van der Waals surface area (Å²) in [4.78, 5) is 12.5. The number of hydrogen-bond donors (Lipinski definition) is 2. The number of hydrogen-bond acceptors (Lipinski definition) is 4. The molecule has 26 heavy (non-hydrogen) atoms. The molecule has 1 aliphatic carbocycles. The van der Waals surface area contributed by atoms with E-state index in [4.69, 9.17) is 0 Å². The number of benzene rings is 1. The first-order valence-electron chi connectivity index (χ1n) is 8.96. The molecule has 1 aromatic heterocycles. The molecule has 2 aromatic rings. The average molecular weight is 395 g/mol. The van der Waals surface area contributed by atoms with Crippen molar-refractivity contribution in [2.75, 3.05) is 5.32 Å². The van der Waals surface area contributed by atoms with Crippen molar-refractivity contribution in [2.24, 2.45) is 5.92 Å². The Labute approximate surface area is 159 Å². The summed E-state index contributed by atoms with van der Waals surface area (Å²) in [6, 6.07) is 7.92. The Kier molecular flexibility index (Phi) is 5.42. The van der Waals surface area contributed by atoms with Gasteiger partial charge in [0.05, 0.1) is 4.75 Å². The highest BCUT2D eigenvalue weighted by molar-refractivity contribution is 7.90. The molecule has 0 spiro atoms. The fraction of sp³-hybridized carbons (Fsp3) is 0.526.